The molecule has 6 fully saturated rings. The van der Waals surface area contributed by atoms with Gasteiger partial charge in [0.15, 0.2) is 21.8 Å². The zero-order valence-corrected chi connectivity index (χ0v) is 99.1. The number of carbonyl (C=O) groups is 5. The van der Waals surface area contributed by atoms with E-state index in [0.29, 0.717) is 61.9 Å². The highest BCUT2D eigenvalue weighted by Crippen LogP contribution is 2.55. The van der Waals surface area contributed by atoms with Crippen molar-refractivity contribution in [2.75, 3.05) is 6.61 Å². The van der Waals surface area contributed by atoms with Crippen LogP contribution < -0.4 is 0 Å². The van der Waals surface area contributed by atoms with E-state index < -0.39 is 149 Å². The van der Waals surface area contributed by atoms with Crippen molar-refractivity contribution in [1.82, 2.24) is 0 Å². The quantitative estimate of drug-likeness (QED) is 0.0287. The van der Waals surface area contributed by atoms with Crippen LogP contribution in [0.5, 0.6) is 0 Å². The summed E-state index contributed by atoms with van der Waals surface area (Å²) in [5.41, 5.74) is -10.5. The van der Waals surface area contributed by atoms with Crippen LogP contribution in [0.3, 0.4) is 0 Å². The molecule has 5 saturated carbocycles. The first-order valence-electron chi connectivity index (χ1n) is 52.2. The molecule has 33 heteroatoms. The van der Waals surface area contributed by atoms with E-state index >= 15 is 0 Å². The number of rotatable bonds is 27. The van der Waals surface area contributed by atoms with E-state index in [9.17, 15) is 81.8 Å². The summed E-state index contributed by atoms with van der Waals surface area (Å²) in [5.74, 6) is -1.35. The molecule has 0 spiro atoms. The zero-order valence-electron chi connectivity index (χ0n) is 94.1. The molecule has 822 valence electrons. The molecule has 0 aromatic heterocycles. The molecule has 139 heavy (non-hydrogen) atoms. The van der Waals surface area contributed by atoms with Gasteiger partial charge in [0.05, 0.1) is 29.6 Å². The average Bonchev–Trinajstić information content (AvgIpc) is 1.42. The summed E-state index contributed by atoms with van der Waals surface area (Å²) in [7, 11) is -9.77. The molecular weight excluding hydrogens is 1900 g/mol. The predicted octanol–water partition coefficient (Wildman–Crippen LogP) is 33.5. The minimum Gasteiger partial charge on any atom is -0.465 e. The summed E-state index contributed by atoms with van der Waals surface area (Å²) in [6.07, 6.45) is 7.51. The van der Waals surface area contributed by atoms with Crippen LogP contribution in [0, 0.1) is 68.0 Å². The van der Waals surface area contributed by atoms with Crippen LogP contribution in [0.15, 0.2) is 30.3 Å². The molecule has 16 nitrogen and oxygen atoms in total. The fourth-order valence-corrected chi connectivity index (χ4v) is 40.0. The molecule has 1 aromatic rings. The monoisotopic (exact) mass is 2100 g/mol. The summed E-state index contributed by atoms with van der Waals surface area (Å²) in [6.45, 7) is 75.5. The molecule has 0 radical (unpaired) electrons. The van der Waals surface area contributed by atoms with Crippen molar-refractivity contribution in [1.29, 1.82) is 0 Å². The maximum absolute atomic E-state index is 13.2. The van der Waals surface area contributed by atoms with E-state index in [1.807, 2.05) is 41.5 Å². The Morgan fingerprint density at radius 3 is 1.19 bits per heavy atom. The van der Waals surface area contributed by atoms with Gasteiger partial charge in [-0.25, -0.2) is 0 Å². The lowest BCUT2D eigenvalue weighted by Crippen LogP contribution is -2.66. The molecule has 5 aliphatic carbocycles. The van der Waals surface area contributed by atoms with Gasteiger partial charge in [-0.15, -0.1) is 0 Å². The largest absolute Gasteiger partial charge is 0.465 e. The Labute approximate surface area is 841 Å². The van der Waals surface area contributed by atoms with Crippen LogP contribution in [0.4, 0.5) is 52.7 Å². The van der Waals surface area contributed by atoms with Gasteiger partial charge in [0.2, 0.25) is 0 Å². The number of hydrogen-bond acceptors (Lipinski definition) is 16. The molecule has 2 bridgehead atoms. The number of benzene rings is 1. The third-order valence-electron chi connectivity index (χ3n) is 28.9. The lowest BCUT2D eigenvalue weighted by atomic mass is 9.72. The number of alkyl halides is 12. The van der Waals surface area contributed by atoms with Crippen molar-refractivity contribution in [2.45, 2.75) is 536 Å². The Bertz CT molecular complexity index is 3570. The van der Waals surface area contributed by atoms with Gasteiger partial charge >= 0.3 is 88.8 Å². The lowest BCUT2D eigenvalue weighted by molar-refractivity contribution is -0.260. The fourth-order valence-electron chi connectivity index (χ4n) is 17.0. The van der Waals surface area contributed by atoms with E-state index in [2.05, 4.69) is 172 Å². The molecular formula is C106H198F12O16Si5. The molecule has 1 N–H and O–H groups in total. The van der Waals surface area contributed by atoms with E-state index in [-0.39, 0.29) is 47.6 Å². The third-order valence-corrected chi connectivity index (χ3v) is 48.0. The van der Waals surface area contributed by atoms with E-state index in [1.54, 1.807) is 0 Å². The Hall–Kier alpha value is -3.43. The number of fused-ring (bicyclic) bond motifs is 2. The standard InChI is InChI=1S/C17H24F6O3.C16H30O2.C12H26O2Si.C11H30O4Si4.2C10H17F3O2.C10H20O.C10H20.C10H14/c1-4-14(2,16(18,19)20)13(24)26-12-7-9-5-10(11(12)6-9)8-15(3,25)17(21,22)23;1-7-16(5,6)14(17)18-13-10-8-12(9-11-13)15(2,3)4;1-7-12(2,3)11(13)14-9-8-10-15(4,5)6;1-10-11(2)19(9)14-17(5,6)12-16(3,4)13-18(7,8)15-19;2*1-6-9(5,10(11,12)13)7(14)15-8(2,3)4;1-3-9(2)11-10-7-5-4-6-8-10;2*1-3-9(2)10-7-5-4-6-8-10/h9-12,25H,4-8H2,1-3H3;12-13H,7-11H2,1-6H3;7-10H2,1-6H3;11H,10H2,1-9H3;2*6H2,1-5H3;9-10H,3-8H2,1-2H3;9-10H,3-8H2,1-2H3;4-9H,3H2,1-2H3. The lowest BCUT2D eigenvalue weighted by Gasteiger charge is -2.49. The smallest absolute Gasteiger partial charge is 0.416 e. The van der Waals surface area contributed by atoms with Crippen LogP contribution >= 0.6 is 0 Å². The number of halogens is 12. The van der Waals surface area contributed by atoms with Gasteiger partial charge < -0.3 is 50.0 Å². The number of ether oxygens (including phenoxy) is 6. The molecule has 1 heterocycles. The summed E-state index contributed by atoms with van der Waals surface area (Å²) in [4.78, 5) is 58.6. The second-order valence-corrected chi connectivity index (χ2v) is 68.3. The minimum atomic E-state index is -4.79. The van der Waals surface area contributed by atoms with Gasteiger partial charge in [-0.05, 0) is 323 Å². The van der Waals surface area contributed by atoms with Crippen LogP contribution in [0.2, 0.25) is 77.1 Å². The van der Waals surface area contributed by atoms with E-state index in [1.165, 1.54) is 164 Å². The number of esters is 5. The fraction of sp³-hybridized carbons (Fsp3) is 0.896. The van der Waals surface area contributed by atoms with Gasteiger partial charge in [0, 0.05) is 8.07 Å². The van der Waals surface area contributed by atoms with E-state index in [4.69, 9.17) is 44.9 Å². The topological polar surface area (TPSA) is 198 Å². The highest BCUT2D eigenvalue weighted by atomic mass is 28.5. The molecule has 1 aliphatic heterocycles. The van der Waals surface area contributed by atoms with Crippen molar-refractivity contribution >= 4 is 72.2 Å². The number of carbonyl (C=O) groups excluding carboxylic acids is 5. The molecule has 6 aliphatic rings. The number of hydrogen-bond donors (Lipinski definition) is 1. The maximum atomic E-state index is 13.2. The highest BCUT2D eigenvalue weighted by molar-refractivity contribution is 6.93. The summed E-state index contributed by atoms with van der Waals surface area (Å²) < 4.78 is 211. The molecule has 12 atom stereocenters. The second-order valence-electron chi connectivity index (χ2n) is 48.0. The van der Waals surface area contributed by atoms with Crippen molar-refractivity contribution in [3.63, 3.8) is 0 Å². The maximum Gasteiger partial charge on any atom is 0.416 e. The van der Waals surface area contributed by atoms with Crippen molar-refractivity contribution in [3.05, 3.63) is 35.9 Å². The molecule has 1 aromatic carbocycles. The van der Waals surface area contributed by atoms with Crippen molar-refractivity contribution < 1.29 is 127 Å². The van der Waals surface area contributed by atoms with Crippen LogP contribution in [-0.4, -0.2) is 150 Å². The van der Waals surface area contributed by atoms with Gasteiger partial charge in [0.25, 0.3) is 0 Å². The second kappa shape index (κ2) is 57.9. The summed E-state index contributed by atoms with van der Waals surface area (Å²) >= 11 is 0. The Morgan fingerprint density at radius 2 is 0.849 bits per heavy atom. The van der Waals surface area contributed by atoms with Crippen LogP contribution in [0.1, 0.15) is 399 Å². The van der Waals surface area contributed by atoms with Gasteiger partial charge in [-0.1, -0.05) is 224 Å². The Balaban J connectivity index is 0. The highest BCUT2D eigenvalue weighted by Gasteiger charge is 2.62. The molecule has 7 rings (SSSR count). The Morgan fingerprint density at radius 1 is 0.446 bits per heavy atom. The van der Waals surface area contributed by atoms with Gasteiger partial charge in [-0.3, -0.25) is 24.0 Å². The van der Waals surface area contributed by atoms with Gasteiger partial charge in [-0.2, -0.15) is 52.7 Å². The normalized spacial score (nSPS) is 23.4. The third kappa shape index (κ3) is 49.5. The van der Waals surface area contributed by atoms with E-state index in [0.717, 1.165) is 83.5 Å². The Kier molecular flexibility index (Phi) is 57.4. The molecule has 1 saturated heterocycles. The van der Waals surface area contributed by atoms with Gasteiger partial charge in [0.1, 0.15) is 23.4 Å². The number of aliphatic hydroxyl groups is 1. The molecule has 0 amide bonds. The summed E-state index contributed by atoms with van der Waals surface area (Å²) in [6, 6.07) is 11.9. The summed E-state index contributed by atoms with van der Waals surface area (Å²) in [5, 5.41) is 9.70. The van der Waals surface area contributed by atoms with Crippen LogP contribution in [0.25, 0.3) is 0 Å². The average molecular weight is 2100 g/mol. The minimum absolute atomic E-state index is 0.00519. The molecule has 12 unspecified atom stereocenters. The first-order valence-corrected chi connectivity index (χ1v) is 66.8. The predicted molar refractivity (Wildman–Crippen MR) is 551 cm³/mol. The van der Waals surface area contributed by atoms with Crippen molar-refractivity contribution in [2.24, 2.45) is 68.0 Å². The zero-order chi connectivity index (χ0) is 109. The van der Waals surface area contributed by atoms with Crippen molar-refractivity contribution in [3.8, 4) is 0 Å². The SMILES string of the molecule is CCC(C)(C(=O)OC(C)(C)C)C(F)(F)F.CCC(C)(C(=O)OC(C)(C)C)C(F)(F)F.CCC(C)(C(=O)OC1CC2CC(CC(C)(O)C(F)(F)F)C1C2)C(F)(F)F.CCC(C)(C)C(=O)OC1CCC(C(C)(C)C)CC1.CCC(C)(C)C(=O)OCCC[Si](C)(C)C.CCC(C)C1CCCCC1.CCC(C)OC1CCCCC1.CCC(C)[Si]1(C)O[Si](C)(C)O[Si](C)(C)O[Si](C)(C)O1.CCC(C)c1ccccc1. The first kappa shape index (κ1) is 138. The first-order chi connectivity index (χ1) is 62.7. The van der Waals surface area contributed by atoms with Crippen LogP contribution in [-0.2, 0) is 68.9 Å².